The predicted molar refractivity (Wildman–Crippen MR) is 54.6 cm³/mol. The summed E-state index contributed by atoms with van der Waals surface area (Å²) < 4.78 is 1.71. The minimum atomic E-state index is -0.0239. The number of ketones is 1. The summed E-state index contributed by atoms with van der Waals surface area (Å²) in [6.07, 6.45) is 0. The Hall–Kier alpha value is -0.930. The second-order valence-electron chi connectivity index (χ2n) is 2.69. The highest BCUT2D eigenvalue weighted by molar-refractivity contribution is 7.22. The molecule has 0 N–H and O–H groups in total. The van der Waals surface area contributed by atoms with Gasteiger partial charge in [-0.05, 0) is 18.2 Å². The Labute approximate surface area is 84.2 Å². The van der Waals surface area contributed by atoms with Crippen LogP contribution in [0.3, 0.4) is 0 Å². The molecule has 0 bridgehead atoms. The van der Waals surface area contributed by atoms with Gasteiger partial charge in [0.15, 0.2) is 5.78 Å². The van der Waals surface area contributed by atoms with Crippen LogP contribution in [0.25, 0.3) is 10.2 Å². The quantitative estimate of drug-likeness (QED) is 0.679. The third kappa shape index (κ3) is 1.57. The summed E-state index contributed by atoms with van der Waals surface area (Å²) >= 11 is 7.27. The van der Waals surface area contributed by atoms with Gasteiger partial charge in [-0.2, -0.15) is 0 Å². The number of carbonyl (C=O) groups excluding carboxylic acids is 1. The van der Waals surface area contributed by atoms with Crippen molar-refractivity contribution >= 4 is 38.9 Å². The van der Waals surface area contributed by atoms with Crippen molar-refractivity contribution in [3.63, 3.8) is 0 Å². The smallest absolute Gasteiger partial charge is 0.178 e. The van der Waals surface area contributed by atoms with Crippen LogP contribution in [0.1, 0.15) is 17.4 Å². The fourth-order valence-corrected chi connectivity index (χ4v) is 2.17. The van der Waals surface area contributed by atoms with Crippen molar-refractivity contribution in [1.82, 2.24) is 4.98 Å². The number of fused-ring (bicyclic) bond motifs is 1. The number of halogens is 1. The van der Waals surface area contributed by atoms with Crippen LogP contribution in [-0.4, -0.2) is 10.8 Å². The summed E-state index contributed by atoms with van der Waals surface area (Å²) in [6.45, 7) is 1.50. The van der Waals surface area contributed by atoms with Crippen molar-refractivity contribution in [2.75, 3.05) is 0 Å². The molecule has 66 valence electrons. The largest absolute Gasteiger partial charge is 0.293 e. The maximum atomic E-state index is 11.0. The first-order valence-electron chi connectivity index (χ1n) is 3.74. The van der Waals surface area contributed by atoms with Crippen LogP contribution in [0.15, 0.2) is 18.2 Å². The molecule has 0 radical (unpaired) electrons. The fraction of sp³-hybridized carbons (Fsp3) is 0.111. The zero-order valence-corrected chi connectivity index (χ0v) is 8.45. The first kappa shape index (κ1) is 8.66. The normalized spacial score (nSPS) is 10.6. The molecule has 2 aromatic heterocycles. The van der Waals surface area contributed by atoms with Gasteiger partial charge in [0, 0.05) is 6.92 Å². The van der Waals surface area contributed by atoms with Crippen molar-refractivity contribution in [3.05, 3.63) is 28.2 Å². The first-order valence-corrected chi connectivity index (χ1v) is 4.93. The molecule has 2 nitrogen and oxygen atoms in total. The number of nitrogens with zero attached hydrogens (tertiary/aromatic N) is 1. The third-order valence-electron chi connectivity index (χ3n) is 1.70. The molecule has 0 amide bonds. The van der Waals surface area contributed by atoms with E-state index in [1.165, 1.54) is 18.3 Å². The maximum absolute atomic E-state index is 11.0. The average molecular weight is 212 g/mol. The number of hydrogen-bond acceptors (Lipinski definition) is 3. The van der Waals surface area contributed by atoms with E-state index in [1.807, 2.05) is 6.07 Å². The molecule has 4 heteroatoms. The highest BCUT2D eigenvalue weighted by Gasteiger charge is 2.04. The monoisotopic (exact) mass is 211 g/mol. The number of thiophene rings is 1. The van der Waals surface area contributed by atoms with Crippen LogP contribution < -0.4 is 0 Å². The summed E-state index contributed by atoms with van der Waals surface area (Å²) in [4.78, 5) is 15.2. The topological polar surface area (TPSA) is 30.0 Å². The highest BCUT2D eigenvalue weighted by Crippen LogP contribution is 2.27. The lowest BCUT2D eigenvalue weighted by Crippen LogP contribution is -1.94. The standard InChI is InChI=1S/C9H6ClNOS/c1-5(12)6-2-3-8-7(11-6)4-9(10)13-8/h2-4H,1H3. The fourth-order valence-electron chi connectivity index (χ4n) is 1.09. The predicted octanol–water partition coefficient (Wildman–Crippen LogP) is 3.15. The highest BCUT2D eigenvalue weighted by atomic mass is 35.5. The molecule has 0 aliphatic heterocycles. The minimum absolute atomic E-state index is 0.0239. The first-order chi connectivity index (χ1) is 6.16. The Kier molecular flexibility index (Phi) is 2.06. The van der Waals surface area contributed by atoms with Crippen LogP contribution in [0.4, 0.5) is 0 Å². The van der Waals surface area contributed by atoms with Crippen molar-refractivity contribution in [1.29, 1.82) is 0 Å². The minimum Gasteiger partial charge on any atom is -0.293 e. The average Bonchev–Trinajstić information content (AvgIpc) is 2.42. The Morgan fingerprint density at radius 1 is 1.54 bits per heavy atom. The molecule has 2 aromatic rings. The molecule has 0 saturated heterocycles. The molecule has 0 aromatic carbocycles. The van der Waals surface area contributed by atoms with E-state index >= 15 is 0 Å². The number of aromatic nitrogens is 1. The van der Waals surface area contributed by atoms with Gasteiger partial charge < -0.3 is 0 Å². The van der Waals surface area contributed by atoms with E-state index < -0.39 is 0 Å². The van der Waals surface area contributed by atoms with Gasteiger partial charge in [-0.1, -0.05) is 11.6 Å². The number of carbonyl (C=O) groups is 1. The van der Waals surface area contributed by atoms with Gasteiger partial charge in [0.2, 0.25) is 0 Å². The summed E-state index contributed by atoms with van der Waals surface area (Å²) in [5, 5.41) is 0. The van der Waals surface area contributed by atoms with E-state index in [1.54, 1.807) is 12.1 Å². The molecule has 0 atom stereocenters. The molecule has 2 heterocycles. The zero-order valence-electron chi connectivity index (χ0n) is 6.87. The molecular formula is C9H6ClNOS. The Morgan fingerprint density at radius 2 is 2.31 bits per heavy atom. The molecule has 0 saturated carbocycles. The second kappa shape index (κ2) is 3.09. The second-order valence-corrected chi connectivity index (χ2v) is 4.40. The third-order valence-corrected chi connectivity index (χ3v) is 2.92. The number of rotatable bonds is 1. The van der Waals surface area contributed by atoms with Gasteiger partial charge in [0.05, 0.1) is 14.6 Å². The molecular weight excluding hydrogens is 206 g/mol. The van der Waals surface area contributed by atoms with Crippen LogP contribution in [-0.2, 0) is 0 Å². The molecule has 0 unspecified atom stereocenters. The van der Waals surface area contributed by atoms with Crippen molar-refractivity contribution in [2.24, 2.45) is 0 Å². The van der Waals surface area contributed by atoms with E-state index in [9.17, 15) is 4.79 Å². The van der Waals surface area contributed by atoms with Crippen molar-refractivity contribution in [2.45, 2.75) is 6.92 Å². The lowest BCUT2D eigenvalue weighted by molar-refractivity contribution is 0.101. The van der Waals surface area contributed by atoms with Gasteiger partial charge in [-0.3, -0.25) is 4.79 Å². The van der Waals surface area contributed by atoms with E-state index in [-0.39, 0.29) is 5.78 Å². The number of pyridine rings is 1. The zero-order chi connectivity index (χ0) is 9.42. The van der Waals surface area contributed by atoms with Gasteiger partial charge in [-0.25, -0.2) is 4.98 Å². The summed E-state index contributed by atoms with van der Waals surface area (Å²) in [5.74, 6) is -0.0239. The van der Waals surface area contributed by atoms with E-state index in [4.69, 9.17) is 11.6 Å². The van der Waals surface area contributed by atoms with Gasteiger partial charge in [0.25, 0.3) is 0 Å². The van der Waals surface area contributed by atoms with Crippen molar-refractivity contribution < 1.29 is 4.79 Å². The molecule has 0 spiro atoms. The van der Waals surface area contributed by atoms with Gasteiger partial charge >= 0.3 is 0 Å². The van der Waals surface area contributed by atoms with E-state index in [2.05, 4.69) is 4.98 Å². The van der Waals surface area contributed by atoms with Gasteiger partial charge in [-0.15, -0.1) is 11.3 Å². The Bertz CT molecular complexity index is 477. The Morgan fingerprint density at radius 3 is 3.00 bits per heavy atom. The van der Waals surface area contributed by atoms with Gasteiger partial charge in [0.1, 0.15) is 5.69 Å². The molecule has 0 fully saturated rings. The summed E-state index contributed by atoms with van der Waals surface area (Å²) in [6, 6.07) is 5.36. The summed E-state index contributed by atoms with van der Waals surface area (Å²) in [5.41, 5.74) is 1.28. The van der Waals surface area contributed by atoms with Crippen LogP contribution in [0.2, 0.25) is 4.34 Å². The SMILES string of the molecule is CC(=O)c1ccc2sc(Cl)cc2n1. The van der Waals surface area contributed by atoms with Crippen LogP contribution >= 0.6 is 22.9 Å². The molecule has 2 rings (SSSR count). The number of hydrogen-bond donors (Lipinski definition) is 0. The molecule has 0 aliphatic rings. The van der Waals surface area contributed by atoms with Crippen LogP contribution in [0.5, 0.6) is 0 Å². The van der Waals surface area contributed by atoms with E-state index in [0.717, 1.165) is 10.2 Å². The number of Topliss-reactive ketones (excluding diaryl/α,β-unsaturated/α-hetero) is 1. The van der Waals surface area contributed by atoms with Crippen molar-refractivity contribution in [3.8, 4) is 0 Å². The molecule has 0 aliphatic carbocycles. The van der Waals surface area contributed by atoms with Crippen LogP contribution in [0, 0.1) is 0 Å². The lowest BCUT2D eigenvalue weighted by Gasteiger charge is -1.93. The Balaban J connectivity index is 2.67. The summed E-state index contributed by atoms with van der Waals surface area (Å²) in [7, 11) is 0. The lowest BCUT2D eigenvalue weighted by atomic mass is 10.2. The maximum Gasteiger partial charge on any atom is 0.178 e. The van der Waals surface area contributed by atoms with E-state index in [0.29, 0.717) is 10.0 Å². The molecule has 13 heavy (non-hydrogen) atoms.